The summed E-state index contributed by atoms with van der Waals surface area (Å²) in [6, 6.07) is 9.40. The summed E-state index contributed by atoms with van der Waals surface area (Å²) in [5.41, 5.74) is 1.30. The van der Waals surface area contributed by atoms with Gasteiger partial charge in [-0.05, 0) is 21.8 Å². The summed E-state index contributed by atoms with van der Waals surface area (Å²) in [7, 11) is 4.71. The van der Waals surface area contributed by atoms with Gasteiger partial charge in [-0.25, -0.2) is 4.79 Å². The molecule has 0 fully saturated rings. The van der Waals surface area contributed by atoms with Gasteiger partial charge in [0.15, 0.2) is 0 Å². The molecule has 1 aromatic rings. The molecule has 0 saturated heterocycles. The molecule has 1 atom stereocenters. The highest BCUT2D eigenvalue weighted by Crippen LogP contribution is 2.35. The van der Waals surface area contributed by atoms with E-state index in [9.17, 15) is 9.59 Å². The number of aliphatic carboxylic acids is 1. The predicted octanol–water partition coefficient (Wildman–Crippen LogP) is 2.85. The van der Waals surface area contributed by atoms with Gasteiger partial charge >= 0.3 is 5.97 Å². The Morgan fingerprint density at radius 2 is 1.95 bits per heavy atom. The van der Waals surface area contributed by atoms with Crippen LogP contribution in [0.1, 0.15) is 12.5 Å². The predicted molar refractivity (Wildman–Crippen MR) is 87.9 cm³/mol. The molecule has 0 heterocycles. The summed E-state index contributed by atoms with van der Waals surface area (Å²) < 4.78 is 0. The van der Waals surface area contributed by atoms with Crippen molar-refractivity contribution in [1.82, 2.24) is 5.32 Å². The fourth-order valence-corrected chi connectivity index (χ4v) is 5.22. The number of carboxylic acids is 1. The number of aryl methyl sites for hydroxylation is 1. The van der Waals surface area contributed by atoms with Crippen LogP contribution in [0.2, 0.25) is 0 Å². The number of carbonyl (C=O) groups is 2. The molecule has 1 aromatic carbocycles. The largest absolute Gasteiger partial charge is 0.480 e. The number of rotatable bonds is 9. The molecule has 1 amide bonds. The molecule has 0 aromatic heterocycles. The minimum Gasteiger partial charge on any atom is -0.480 e. The topological polar surface area (TPSA) is 66.4 Å². The molecule has 0 bridgehead atoms. The maximum Gasteiger partial charge on any atom is 0.327 e. The fraction of sp³-hybridized carbons (Fsp3) is 0.385. The zero-order valence-corrected chi connectivity index (χ0v) is 13.5. The highest BCUT2D eigenvalue weighted by Gasteiger charge is 2.18. The van der Waals surface area contributed by atoms with Crippen molar-refractivity contribution in [1.29, 1.82) is 0 Å². The van der Waals surface area contributed by atoms with E-state index in [0.717, 1.165) is 12.2 Å². The maximum absolute atomic E-state index is 10.9. The van der Waals surface area contributed by atoms with Crippen LogP contribution >= 0.6 is 31.4 Å². The lowest BCUT2D eigenvalue weighted by molar-refractivity contribution is -0.140. The Kier molecular flexibility index (Phi) is 8.64. The molecule has 0 aliphatic carbocycles. The van der Waals surface area contributed by atoms with E-state index >= 15 is 0 Å². The molecule has 1 rings (SSSR count). The summed E-state index contributed by atoms with van der Waals surface area (Å²) in [4.78, 5) is 21.8. The van der Waals surface area contributed by atoms with Crippen molar-refractivity contribution in [2.24, 2.45) is 0 Å². The summed E-state index contributed by atoms with van der Waals surface area (Å²) in [5.74, 6) is 0.0135. The van der Waals surface area contributed by atoms with Crippen LogP contribution in [-0.2, 0) is 16.0 Å². The molecule has 0 spiro atoms. The van der Waals surface area contributed by atoms with E-state index < -0.39 is 12.0 Å². The van der Waals surface area contributed by atoms with Gasteiger partial charge in [0.05, 0.1) is 0 Å². The van der Waals surface area contributed by atoms with Crippen LogP contribution in [-0.4, -0.2) is 34.5 Å². The van der Waals surface area contributed by atoms with E-state index in [1.54, 1.807) is 20.6 Å². The third-order valence-electron chi connectivity index (χ3n) is 2.32. The van der Waals surface area contributed by atoms with Crippen LogP contribution in [0.4, 0.5) is 0 Å². The Morgan fingerprint density at radius 1 is 1.25 bits per heavy atom. The second-order valence-electron chi connectivity index (χ2n) is 4.00. The minimum absolute atomic E-state index is 0.320. The van der Waals surface area contributed by atoms with Gasteiger partial charge in [-0.1, -0.05) is 51.9 Å². The number of nitrogens with one attached hydrogen (secondary N) is 1. The Bertz CT molecular complexity index is 428. The van der Waals surface area contributed by atoms with Crippen LogP contribution in [0.5, 0.6) is 0 Å². The number of hydrogen-bond acceptors (Lipinski definition) is 5. The fourth-order valence-electron chi connectivity index (χ4n) is 1.39. The molecular formula is C13H17NO3S3. The SMILES string of the molecule is CC(=O)N[C@@H](CSSSCCc1ccccc1)C(=O)O. The lowest BCUT2D eigenvalue weighted by Crippen LogP contribution is -2.41. The van der Waals surface area contributed by atoms with Crippen molar-refractivity contribution in [2.45, 2.75) is 19.4 Å². The quantitative estimate of drug-likeness (QED) is 0.536. The average molecular weight is 331 g/mol. The van der Waals surface area contributed by atoms with Crippen LogP contribution in [0.3, 0.4) is 0 Å². The molecule has 0 saturated carbocycles. The highest BCUT2D eigenvalue weighted by molar-refractivity contribution is 9.09. The third-order valence-corrected chi connectivity index (χ3v) is 6.57. The molecule has 4 nitrogen and oxygen atoms in total. The van der Waals surface area contributed by atoms with Crippen molar-refractivity contribution in [2.75, 3.05) is 11.5 Å². The van der Waals surface area contributed by atoms with Crippen LogP contribution in [0.25, 0.3) is 0 Å². The molecule has 0 aliphatic rings. The Balaban J connectivity index is 2.11. The number of benzene rings is 1. The van der Waals surface area contributed by atoms with Gasteiger partial charge in [0.2, 0.25) is 5.91 Å². The lowest BCUT2D eigenvalue weighted by Gasteiger charge is -2.11. The molecule has 7 heteroatoms. The second kappa shape index (κ2) is 10.0. The third kappa shape index (κ3) is 7.72. The van der Waals surface area contributed by atoms with E-state index in [2.05, 4.69) is 17.4 Å². The summed E-state index contributed by atoms with van der Waals surface area (Å²) >= 11 is 0. The van der Waals surface area contributed by atoms with E-state index in [-0.39, 0.29) is 5.91 Å². The Morgan fingerprint density at radius 3 is 2.55 bits per heavy atom. The minimum atomic E-state index is -0.998. The molecule has 0 radical (unpaired) electrons. The summed E-state index contributed by atoms with van der Waals surface area (Å²) in [6.45, 7) is 1.32. The standard InChI is InChI=1S/C13H17NO3S3/c1-10(15)14-12(13(16)17)9-19-20-18-8-7-11-5-3-2-4-6-11/h2-6,12H,7-9H2,1H3,(H,14,15)(H,16,17)/t12-/m0/s1. The first kappa shape index (κ1) is 17.3. The van der Waals surface area contributed by atoms with E-state index in [1.165, 1.54) is 23.3 Å². The summed E-state index contributed by atoms with van der Waals surface area (Å²) in [5, 5.41) is 11.3. The normalized spacial score (nSPS) is 11.8. The lowest BCUT2D eigenvalue weighted by atomic mass is 10.2. The summed E-state index contributed by atoms with van der Waals surface area (Å²) in [6.07, 6.45) is 0.993. The van der Waals surface area contributed by atoms with Crippen molar-refractivity contribution in [3.05, 3.63) is 35.9 Å². The highest BCUT2D eigenvalue weighted by atomic mass is 33.5. The van der Waals surface area contributed by atoms with Gasteiger partial charge in [-0.15, -0.1) is 0 Å². The Labute approximate surface area is 130 Å². The van der Waals surface area contributed by atoms with E-state index in [4.69, 9.17) is 5.11 Å². The smallest absolute Gasteiger partial charge is 0.327 e. The zero-order valence-electron chi connectivity index (χ0n) is 11.1. The molecule has 20 heavy (non-hydrogen) atoms. The van der Waals surface area contributed by atoms with Crippen molar-refractivity contribution in [3.8, 4) is 0 Å². The van der Waals surface area contributed by atoms with Gasteiger partial charge in [-0.3, -0.25) is 4.79 Å². The molecule has 0 aliphatic heterocycles. The van der Waals surface area contributed by atoms with Crippen LogP contribution in [0.15, 0.2) is 30.3 Å². The van der Waals surface area contributed by atoms with Crippen molar-refractivity contribution < 1.29 is 14.7 Å². The number of hydrogen-bond donors (Lipinski definition) is 2. The Hall–Kier alpha value is -0.790. The van der Waals surface area contributed by atoms with Crippen molar-refractivity contribution >= 4 is 43.3 Å². The average Bonchev–Trinajstić information content (AvgIpc) is 2.41. The monoisotopic (exact) mass is 331 g/mol. The first-order valence-electron chi connectivity index (χ1n) is 6.04. The molecular weight excluding hydrogens is 314 g/mol. The molecule has 110 valence electrons. The van der Waals surface area contributed by atoms with Gasteiger partial charge in [0.25, 0.3) is 0 Å². The van der Waals surface area contributed by atoms with Gasteiger partial charge in [-0.2, -0.15) is 0 Å². The van der Waals surface area contributed by atoms with E-state index in [0.29, 0.717) is 5.75 Å². The second-order valence-corrected chi connectivity index (χ2v) is 8.40. The van der Waals surface area contributed by atoms with Gasteiger partial charge in [0, 0.05) is 18.4 Å². The van der Waals surface area contributed by atoms with Crippen LogP contribution in [0, 0.1) is 0 Å². The van der Waals surface area contributed by atoms with Crippen LogP contribution < -0.4 is 5.32 Å². The number of amides is 1. The maximum atomic E-state index is 10.9. The zero-order chi connectivity index (χ0) is 14.8. The molecule has 0 unspecified atom stereocenters. The van der Waals surface area contributed by atoms with Gasteiger partial charge < -0.3 is 10.4 Å². The van der Waals surface area contributed by atoms with Gasteiger partial charge in [0.1, 0.15) is 6.04 Å². The van der Waals surface area contributed by atoms with E-state index in [1.807, 2.05) is 18.2 Å². The molecule has 2 N–H and O–H groups in total. The number of carbonyl (C=O) groups excluding carboxylic acids is 1. The first-order chi connectivity index (χ1) is 9.59. The number of carboxylic acid groups (broad SMARTS) is 1. The van der Waals surface area contributed by atoms with Crippen molar-refractivity contribution in [3.63, 3.8) is 0 Å². The first-order valence-corrected chi connectivity index (χ1v) is 9.86.